The number of hydrogen-bond acceptors (Lipinski definition) is 18. The Morgan fingerprint density at radius 1 is 0.800 bits per heavy atom. The molecule has 1 aromatic rings. The van der Waals surface area contributed by atoms with Gasteiger partial charge in [-0.25, -0.2) is 4.68 Å². The summed E-state index contributed by atoms with van der Waals surface area (Å²) in [6.45, 7) is 9.10. The molecule has 0 bridgehead atoms. The van der Waals surface area contributed by atoms with E-state index in [1.54, 1.807) is 18.0 Å². The first kappa shape index (κ1) is 51.9. The van der Waals surface area contributed by atoms with Crippen molar-refractivity contribution in [2.45, 2.75) is 178 Å². The predicted molar refractivity (Wildman–Crippen MR) is 228 cm³/mol. The molecule has 2 saturated carbocycles. The molecule has 2 aliphatic carbocycles. The zero-order chi connectivity index (χ0) is 46.3. The van der Waals surface area contributed by atoms with Crippen molar-refractivity contribution in [3.05, 3.63) is 11.9 Å². The highest BCUT2D eigenvalue weighted by Crippen LogP contribution is 2.37. The van der Waals surface area contributed by atoms with Crippen molar-refractivity contribution < 1.29 is 77.8 Å². The fourth-order valence-corrected chi connectivity index (χ4v) is 9.26. The van der Waals surface area contributed by atoms with Crippen molar-refractivity contribution in [2.24, 2.45) is 11.8 Å². The van der Waals surface area contributed by atoms with Crippen LogP contribution in [0.3, 0.4) is 0 Å². The molecule has 6 rings (SSSR count). The number of rotatable bonds is 25. The Morgan fingerprint density at radius 3 is 2.18 bits per heavy atom. The normalized spacial score (nSPS) is 34.0. The number of likely N-dealkylation sites (tertiary alicyclic amines) is 1. The maximum atomic E-state index is 14.0. The quantitative estimate of drug-likeness (QED) is 0.0694. The topological polar surface area (TPSA) is 264 Å². The van der Waals surface area contributed by atoms with Crippen LogP contribution in [-0.2, 0) is 65.4 Å². The second-order valence-corrected chi connectivity index (χ2v) is 18.1. The Morgan fingerprint density at radius 2 is 1.51 bits per heavy atom. The lowest BCUT2D eigenvalue weighted by atomic mass is 9.84. The SMILES string of the molecule is CCOCCOCCOCCOCc1cn(CC(=O)NC2C(O[C@@H](CC3CCCCC3)C(=O)N3CCC3)[C@@H](O)C(CO)O[C@H]2O[C@@H]2CCC[C@@H](C)C2O[C@@H]2OC(C)C(O)[C@H](O)[C@@H]2O)nn1. The molecule has 5 aliphatic rings. The first-order valence-corrected chi connectivity index (χ1v) is 23.9. The Labute approximate surface area is 381 Å². The van der Waals surface area contributed by atoms with Crippen LogP contribution in [-0.4, -0.2) is 203 Å². The number of aliphatic hydroxyl groups excluding tert-OH is 5. The number of carbonyl (C=O) groups is 2. The van der Waals surface area contributed by atoms with E-state index in [1.807, 2.05) is 13.8 Å². The van der Waals surface area contributed by atoms with Crippen LogP contribution in [0.1, 0.15) is 90.7 Å². The molecule has 0 spiro atoms. The Balaban J connectivity index is 1.16. The maximum absolute atomic E-state index is 14.0. The van der Waals surface area contributed by atoms with E-state index in [4.69, 9.17) is 42.6 Å². The number of ether oxygens (including phenoxy) is 9. The first-order valence-electron chi connectivity index (χ1n) is 23.9. The average Bonchev–Trinajstić information content (AvgIpc) is 3.72. The summed E-state index contributed by atoms with van der Waals surface area (Å²) in [5, 5.41) is 65.4. The molecule has 21 nitrogen and oxygen atoms in total. The van der Waals surface area contributed by atoms with Gasteiger partial charge in [0.15, 0.2) is 12.6 Å². The van der Waals surface area contributed by atoms with Crippen LogP contribution >= 0.6 is 0 Å². The summed E-state index contributed by atoms with van der Waals surface area (Å²) in [6.07, 6.45) is -4.15. The lowest BCUT2D eigenvalue weighted by molar-refractivity contribution is -0.336. The fraction of sp³-hybridized carbons (Fsp3) is 0.909. The van der Waals surface area contributed by atoms with Crippen molar-refractivity contribution in [2.75, 3.05) is 65.9 Å². The number of hydrogen-bond donors (Lipinski definition) is 6. The number of carbonyl (C=O) groups excluding carboxylic acids is 2. The monoisotopic (exact) mass is 930 g/mol. The van der Waals surface area contributed by atoms with E-state index >= 15 is 0 Å². The maximum Gasteiger partial charge on any atom is 0.251 e. The minimum atomic E-state index is -1.55. The van der Waals surface area contributed by atoms with Gasteiger partial charge in [-0.05, 0) is 51.4 Å². The molecule has 3 saturated heterocycles. The number of aromatic nitrogens is 3. The van der Waals surface area contributed by atoms with Gasteiger partial charge in [-0.3, -0.25) is 9.59 Å². The van der Waals surface area contributed by atoms with E-state index in [0.29, 0.717) is 77.9 Å². The highest BCUT2D eigenvalue weighted by molar-refractivity contribution is 5.81. The van der Waals surface area contributed by atoms with E-state index in [-0.39, 0.29) is 30.9 Å². The number of aliphatic hydroxyl groups is 5. The lowest BCUT2D eigenvalue weighted by Gasteiger charge is -2.48. The summed E-state index contributed by atoms with van der Waals surface area (Å²) in [6, 6.07) is -1.20. The minimum absolute atomic E-state index is 0.130. The van der Waals surface area contributed by atoms with Gasteiger partial charge in [-0.2, -0.15) is 0 Å². The smallest absolute Gasteiger partial charge is 0.251 e. The first-order chi connectivity index (χ1) is 31.5. The van der Waals surface area contributed by atoms with Crippen LogP contribution < -0.4 is 5.32 Å². The zero-order valence-electron chi connectivity index (χ0n) is 38.3. The van der Waals surface area contributed by atoms with Gasteiger partial charge in [0.25, 0.3) is 5.91 Å². The molecule has 6 unspecified atom stereocenters. The third-order valence-corrected chi connectivity index (χ3v) is 13.2. The van der Waals surface area contributed by atoms with Gasteiger partial charge >= 0.3 is 0 Å². The molecule has 2 amide bonds. The molecule has 0 radical (unpaired) electrons. The molecule has 5 fully saturated rings. The molecule has 4 heterocycles. The molecular formula is C44H75N5O16. The van der Waals surface area contributed by atoms with Crippen LogP contribution in [0.15, 0.2) is 6.20 Å². The highest BCUT2D eigenvalue weighted by atomic mass is 16.7. The Bertz CT molecular complexity index is 1550. The van der Waals surface area contributed by atoms with E-state index in [0.717, 1.165) is 51.4 Å². The second kappa shape index (κ2) is 26.3. The average molecular weight is 930 g/mol. The standard InChI is InChI=1S/C44H75N5O16/c1-4-57-16-17-58-18-19-59-20-21-60-26-30-23-49(47-46-30)24-34(51)45-35-41(62-32(42(56)48-14-9-15-48)22-29-11-6-5-7-12-29)37(53)33(25-50)64-43(35)63-31-13-8-10-27(2)40(31)65-44-39(55)38(54)36(52)28(3)61-44/h23,27-29,31-33,35-41,43-44,50,52-55H,4-22,24-26H2,1-3H3,(H,45,51)/t27-,28?,31-,32+,33?,35?,36?,37+,38+,39+,40?,41?,43-,44+/m1/s1. The van der Waals surface area contributed by atoms with Crippen molar-refractivity contribution in [1.29, 1.82) is 0 Å². The number of nitrogens with one attached hydrogen (secondary N) is 1. The molecule has 3 aliphatic heterocycles. The molecule has 0 aromatic carbocycles. The summed E-state index contributed by atoms with van der Waals surface area (Å²) in [7, 11) is 0. The molecule has 21 heteroatoms. The predicted octanol–water partition coefficient (Wildman–Crippen LogP) is -0.198. The summed E-state index contributed by atoms with van der Waals surface area (Å²) < 4.78 is 55.2. The summed E-state index contributed by atoms with van der Waals surface area (Å²) in [5.74, 6) is -0.626. The second-order valence-electron chi connectivity index (χ2n) is 18.1. The summed E-state index contributed by atoms with van der Waals surface area (Å²) >= 11 is 0. The lowest BCUT2D eigenvalue weighted by Crippen LogP contribution is -2.67. The van der Waals surface area contributed by atoms with Gasteiger partial charge in [0.2, 0.25) is 5.91 Å². The van der Waals surface area contributed by atoms with Crippen LogP contribution in [0.25, 0.3) is 0 Å². The molecule has 6 N–H and O–H groups in total. The van der Waals surface area contributed by atoms with Crippen molar-refractivity contribution in [3.8, 4) is 0 Å². The van der Waals surface area contributed by atoms with Gasteiger partial charge in [0.05, 0.1) is 77.4 Å². The van der Waals surface area contributed by atoms with Gasteiger partial charge in [-0.15, -0.1) is 5.10 Å². The van der Waals surface area contributed by atoms with Gasteiger partial charge in [0, 0.05) is 19.7 Å². The molecule has 1 aromatic heterocycles. The van der Waals surface area contributed by atoms with E-state index in [9.17, 15) is 35.1 Å². The summed E-state index contributed by atoms with van der Waals surface area (Å²) in [4.78, 5) is 29.8. The van der Waals surface area contributed by atoms with E-state index < -0.39 is 92.2 Å². The summed E-state index contributed by atoms with van der Waals surface area (Å²) in [5.41, 5.74) is 0.484. The fourth-order valence-electron chi connectivity index (χ4n) is 9.26. The van der Waals surface area contributed by atoms with Crippen LogP contribution in [0.2, 0.25) is 0 Å². The number of nitrogens with zero attached hydrogens (tertiary/aromatic N) is 4. The zero-order valence-corrected chi connectivity index (χ0v) is 38.3. The number of amides is 2. The van der Waals surface area contributed by atoms with Crippen molar-refractivity contribution in [3.63, 3.8) is 0 Å². The third-order valence-electron chi connectivity index (χ3n) is 13.2. The van der Waals surface area contributed by atoms with Crippen molar-refractivity contribution >= 4 is 11.8 Å². The third kappa shape index (κ3) is 14.8. The molecule has 372 valence electrons. The Hall–Kier alpha value is -2.48. The minimum Gasteiger partial charge on any atom is -0.394 e. The Kier molecular flexibility index (Phi) is 21.0. The van der Waals surface area contributed by atoms with Crippen LogP contribution in [0.4, 0.5) is 0 Å². The van der Waals surface area contributed by atoms with Crippen molar-refractivity contribution in [1.82, 2.24) is 25.2 Å². The van der Waals surface area contributed by atoms with Crippen LogP contribution in [0.5, 0.6) is 0 Å². The highest BCUT2D eigenvalue weighted by Gasteiger charge is 2.52. The molecular weight excluding hydrogens is 855 g/mol. The van der Waals surface area contributed by atoms with Gasteiger partial charge in [-0.1, -0.05) is 50.7 Å². The molecule has 14 atom stereocenters. The molecule has 65 heavy (non-hydrogen) atoms. The van der Waals surface area contributed by atoms with Gasteiger partial charge < -0.3 is 78.4 Å². The van der Waals surface area contributed by atoms with E-state index in [1.165, 1.54) is 4.68 Å². The van der Waals surface area contributed by atoms with Crippen LogP contribution in [0, 0.1) is 11.8 Å². The van der Waals surface area contributed by atoms with E-state index in [2.05, 4.69) is 15.6 Å². The van der Waals surface area contributed by atoms with Gasteiger partial charge in [0.1, 0.15) is 61.0 Å². The largest absolute Gasteiger partial charge is 0.394 e.